The van der Waals surface area contributed by atoms with E-state index in [1.807, 2.05) is 6.07 Å². The lowest BCUT2D eigenvalue weighted by Gasteiger charge is -2.21. The Morgan fingerprint density at radius 1 is 0.729 bits per heavy atom. The molecule has 0 spiro atoms. The largest absolute Gasteiger partial charge is 0.343 e. The summed E-state index contributed by atoms with van der Waals surface area (Å²) in [6.45, 7) is 0. The fourth-order valence-corrected chi connectivity index (χ4v) is 10.9. The van der Waals surface area contributed by atoms with Crippen LogP contribution in [0.2, 0.25) is 0 Å². The van der Waals surface area contributed by atoms with Gasteiger partial charge in [-0.15, -0.1) is 22.7 Å². The number of aryl methyl sites for hydroxylation is 2. The average Bonchev–Trinajstić information content (AvgIpc) is 3.91. The second-order valence-electron chi connectivity index (χ2n) is 13.6. The number of carbonyl (C=O) groups excluding carboxylic acids is 4. The molecule has 4 heterocycles. The monoisotopic (exact) mass is 667 g/mol. The molecule has 0 bridgehead atoms. The molecular formula is C39H29N3O4S2. The van der Waals surface area contributed by atoms with E-state index in [2.05, 4.69) is 58.6 Å². The predicted octanol–water partition coefficient (Wildman–Crippen LogP) is 4.37. The smallest absolute Gasteiger partial charge is 0.197 e. The second-order valence-corrected chi connectivity index (χ2v) is 15.8. The molecule has 0 N–H and O–H groups in total. The van der Waals surface area contributed by atoms with Gasteiger partial charge in [0.25, 0.3) is 0 Å². The van der Waals surface area contributed by atoms with Gasteiger partial charge in [-0.05, 0) is 31.1 Å². The molecular weight excluding hydrogens is 639 g/mol. The summed E-state index contributed by atoms with van der Waals surface area (Å²) in [6, 6.07) is 11.1. The van der Waals surface area contributed by atoms with Gasteiger partial charge >= 0.3 is 0 Å². The Morgan fingerprint density at radius 3 is 1.85 bits per heavy atom. The maximum atomic E-state index is 13.1. The minimum Gasteiger partial charge on any atom is -0.343 e. The summed E-state index contributed by atoms with van der Waals surface area (Å²) in [5.41, 5.74) is 3.47. The van der Waals surface area contributed by atoms with Crippen molar-refractivity contribution in [2.45, 2.75) is 25.7 Å². The van der Waals surface area contributed by atoms with Gasteiger partial charge in [0.15, 0.2) is 28.8 Å². The van der Waals surface area contributed by atoms with Crippen LogP contribution in [0.1, 0.15) is 51.3 Å². The van der Waals surface area contributed by atoms with Crippen molar-refractivity contribution in [3.05, 3.63) is 79.1 Å². The van der Waals surface area contributed by atoms with Crippen LogP contribution in [0.25, 0.3) is 50.8 Å². The van der Waals surface area contributed by atoms with E-state index in [-0.39, 0.29) is 58.1 Å². The number of allylic oxidation sites excluding steroid dienone is 1. The molecule has 9 heteroatoms. The number of ketones is 4. The highest BCUT2D eigenvalue weighted by Crippen LogP contribution is 2.39. The topological polar surface area (TPSA) is 90.5 Å². The number of hydrogen-bond donors (Lipinski definition) is 0. The maximum Gasteiger partial charge on any atom is 0.197 e. The first-order valence-corrected chi connectivity index (χ1v) is 18.1. The van der Waals surface area contributed by atoms with Crippen LogP contribution in [0.5, 0.6) is 0 Å². The minimum absolute atomic E-state index is 0.0626. The van der Waals surface area contributed by atoms with Gasteiger partial charge < -0.3 is 9.13 Å². The van der Waals surface area contributed by atoms with E-state index in [9.17, 15) is 19.2 Å². The number of benzene rings is 1. The van der Waals surface area contributed by atoms with Gasteiger partial charge in [0.05, 0.1) is 26.0 Å². The Kier molecular flexibility index (Phi) is 5.84. The minimum atomic E-state index is -0.207. The maximum absolute atomic E-state index is 13.1. The van der Waals surface area contributed by atoms with Gasteiger partial charge in [0.2, 0.25) is 0 Å². The number of hydrogen-bond acceptors (Lipinski definition) is 7. The third kappa shape index (κ3) is 3.77. The average molecular weight is 668 g/mol. The SMILES string of the molecule is Cn1c2c(c3sc(C=C4C(=O)c5ccccc5C4=O)cc31)=CC1C=c3c(c4sc(N=C5C(=O)C6CCCCC6C5=O)cc4n3C)=CC1C=2. The Morgan fingerprint density at radius 2 is 1.27 bits per heavy atom. The van der Waals surface area contributed by atoms with Crippen molar-refractivity contribution in [1.82, 2.24) is 9.13 Å². The van der Waals surface area contributed by atoms with Gasteiger partial charge in [-0.2, -0.15) is 0 Å². The van der Waals surface area contributed by atoms with E-state index in [0.717, 1.165) is 61.7 Å². The number of rotatable bonds is 2. The van der Waals surface area contributed by atoms with E-state index in [1.54, 1.807) is 53.0 Å². The molecule has 4 atom stereocenters. The van der Waals surface area contributed by atoms with Crippen molar-refractivity contribution in [2.75, 3.05) is 0 Å². The zero-order valence-corrected chi connectivity index (χ0v) is 27.9. The normalized spacial score (nSPS) is 24.0. The number of aromatic nitrogens is 2. The molecule has 1 aromatic carbocycles. The van der Waals surface area contributed by atoms with Crippen LogP contribution in [0.15, 0.2) is 47.0 Å². The zero-order chi connectivity index (χ0) is 32.6. The molecule has 5 aliphatic carbocycles. The third-order valence-electron chi connectivity index (χ3n) is 11.1. The summed E-state index contributed by atoms with van der Waals surface area (Å²) in [5.74, 6) is -0.548. The highest BCUT2D eigenvalue weighted by Gasteiger charge is 2.47. The third-order valence-corrected chi connectivity index (χ3v) is 13.3. The predicted molar refractivity (Wildman–Crippen MR) is 191 cm³/mol. The number of fused-ring (bicyclic) bond motifs is 9. The van der Waals surface area contributed by atoms with Crippen molar-refractivity contribution in [1.29, 1.82) is 0 Å². The molecule has 7 nitrogen and oxygen atoms in total. The molecule has 0 radical (unpaired) electrons. The van der Waals surface area contributed by atoms with Gasteiger partial charge in [0, 0.05) is 74.9 Å². The van der Waals surface area contributed by atoms with Crippen molar-refractivity contribution >= 4 is 107 Å². The summed E-state index contributed by atoms with van der Waals surface area (Å²) < 4.78 is 6.68. The molecule has 48 heavy (non-hydrogen) atoms. The fourth-order valence-electron chi connectivity index (χ4n) is 8.65. The molecule has 5 aliphatic rings. The Balaban J connectivity index is 1.03. The van der Waals surface area contributed by atoms with Crippen LogP contribution >= 0.6 is 22.7 Å². The summed E-state index contributed by atoms with van der Waals surface area (Å²) in [7, 11) is 4.14. The molecule has 10 rings (SSSR count). The number of nitrogens with zero attached hydrogens (tertiary/aromatic N) is 3. The van der Waals surface area contributed by atoms with Crippen LogP contribution in [0.3, 0.4) is 0 Å². The van der Waals surface area contributed by atoms with E-state index in [4.69, 9.17) is 0 Å². The zero-order valence-electron chi connectivity index (χ0n) is 26.3. The number of Topliss-reactive ketones (excluding diaryl/α,β-unsaturated/α-hetero) is 4. The standard InChI is InChI=1S/C39H29N3O4S2/c1-41-28-13-19-12-26-29(42(2)31-17-32(48-39(26)31)40-33-36(45)23-9-5-6-10-24(23)37(33)46)14-18(19)11-25(28)38-30(41)16-20(47-38)15-27-34(43)21-7-3-4-8-22(21)35(27)44/h3-4,7-8,11-19,23-24H,5-6,9-10H2,1-2H3. The van der Waals surface area contributed by atoms with E-state index < -0.39 is 0 Å². The van der Waals surface area contributed by atoms with Crippen LogP contribution in [-0.4, -0.2) is 38.0 Å². The number of carbonyl (C=O) groups is 4. The Labute approximate surface area is 282 Å². The molecule has 2 saturated carbocycles. The van der Waals surface area contributed by atoms with E-state index in [1.165, 1.54) is 10.4 Å². The van der Waals surface area contributed by atoms with Crippen molar-refractivity contribution in [2.24, 2.45) is 42.8 Å². The molecule has 4 unspecified atom stereocenters. The van der Waals surface area contributed by atoms with Crippen LogP contribution in [0, 0.1) is 23.7 Å². The molecule has 236 valence electrons. The molecule has 2 fully saturated rings. The molecule has 0 saturated heterocycles. The number of aliphatic imine (C=N–C) groups is 1. The molecule has 5 aromatic rings. The van der Waals surface area contributed by atoms with Crippen molar-refractivity contribution in [3.8, 4) is 0 Å². The highest BCUT2D eigenvalue weighted by molar-refractivity contribution is 7.22. The first kappa shape index (κ1) is 28.3. The van der Waals surface area contributed by atoms with Crippen LogP contribution in [-0.2, 0) is 23.7 Å². The fraction of sp³-hybridized carbons (Fsp3) is 0.256. The quantitative estimate of drug-likeness (QED) is 0.207. The van der Waals surface area contributed by atoms with E-state index in [0.29, 0.717) is 16.1 Å². The number of thiophene rings is 2. The van der Waals surface area contributed by atoms with Crippen molar-refractivity contribution < 1.29 is 19.2 Å². The van der Waals surface area contributed by atoms with E-state index >= 15 is 0 Å². The van der Waals surface area contributed by atoms with Gasteiger partial charge in [-0.3, -0.25) is 19.2 Å². The van der Waals surface area contributed by atoms with Gasteiger partial charge in [-0.1, -0.05) is 61.4 Å². The molecule has 0 aliphatic heterocycles. The highest BCUT2D eigenvalue weighted by atomic mass is 32.1. The van der Waals surface area contributed by atoms with Gasteiger partial charge in [-0.25, -0.2) is 4.99 Å². The summed E-state index contributed by atoms with van der Waals surface area (Å²) in [4.78, 5) is 57.8. The lowest BCUT2D eigenvalue weighted by molar-refractivity contribution is -0.120. The second kappa shape index (κ2) is 9.90. The first-order valence-electron chi connectivity index (χ1n) is 16.5. The lowest BCUT2D eigenvalue weighted by Crippen LogP contribution is -2.39. The lowest BCUT2D eigenvalue weighted by atomic mass is 9.81. The van der Waals surface area contributed by atoms with Crippen LogP contribution < -0.4 is 21.1 Å². The summed E-state index contributed by atoms with van der Waals surface area (Å²) in [5, 5.41) is 5.39. The Bertz CT molecular complexity index is 2650. The van der Waals surface area contributed by atoms with Gasteiger partial charge in [0.1, 0.15) is 5.00 Å². The summed E-state index contributed by atoms with van der Waals surface area (Å²) >= 11 is 3.17. The first-order chi connectivity index (χ1) is 23.3. The van der Waals surface area contributed by atoms with Crippen molar-refractivity contribution in [3.63, 3.8) is 0 Å². The molecule has 0 amide bonds. The van der Waals surface area contributed by atoms with Crippen LogP contribution in [0.4, 0.5) is 5.00 Å². The summed E-state index contributed by atoms with van der Waals surface area (Å²) in [6.07, 6.45) is 14.8. The Hall–Kier alpha value is -4.73. The molecule has 4 aromatic heterocycles.